The van der Waals surface area contributed by atoms with Gasteiger partial charge in [-0.2, -0.15) is 15.7 Å². The van der Waals surface area contributed by atoms with Crippen molar-refractivity contribution in [1.82, 2.24) is 10.4 Å². The minimum Gasteiger partial charge on any atom is -0.378 e. The third-order valence-corrected chi connectivity index (χ3v) is 4.95. The molecular weight excluding hydrogens is 320 g/mol. The van der Waals surface area contributed by atoms with E-state index in [4.69, 9.17) is 0 Å². The molecule has 0 bridgehead atoms. The maximum atomic E-state index is 4.49. The Hall–Kier alpha value is -1.60. The number of nitrogens with zero attached hydrogens (tertiary/aromatic N) is 5. The monoisotopic (exact) mass is 349 g/mol. The van der Waals surface area contributed by atoms with Crippen LogP contribution in [0, 0.1) is 0 Å². The van der Waals surface area contributed by atoms with Crippen LogP contribution in [-0.2, 0) is 0 Å². The van der Waals surface area contributed by atoms with E-state index in [9.17, 15) is 0 Å². The van der Waals surface area contributed by atoms with E-state index in [1.54, 1.807) is 11.8 Å². The van der Waals surface area contributed by atoms with Crippen LogP contribution in [0.15, 0.2) is 34.5 Å². The van der Waals surface area contributed by atoms with Crippen molar-refractivity contribution >= 4 is 28.3 Å². The minimum atomic E-state index is -0.0616. The van der Waals surface area contributed by atoms with Crippen LogP contribution in [0.25, 0.3) is 0 Å². The molecule has 7 heteroatoms. The predicted octanol–water partition coefficient (Wildman–Crippen LogP) is 3.49. The number of nitrogens with one attached hydrogen (secondary N) is 1. The number of rotatable bonds is 5. The molecule has 0 spiro atoms. The van der Waals surface area contributed by atoms with Gasteiger partial charge in [-0.3, -0.25) is 4.58 Å². The Balaban J connectivity index is 2.11. The molecule has 1 atom stereocenters. The second kappa shape index (κ2) is 7.98. The highest BCUT2D eigenvalue weighted by atomic mass is 32.2. The Labute approximate surface area is 149 Å². The lowest BCUT2D eigenvalue weighted by Crippen LogP contribution is -2.40. The minimum absolute atomic E-state index is 0.0616. The highest BCUT2D eigenvalue weighted by Crippen LogP contribution is 2.26. The van der Waals surface area contributed by atoms with E-state index in [0.29, 0.717) is 12.1 Å². The molecule has 1 heterocycles. The van der Waals surface area contributed by atoms with E-state index in [-0.39, 0.29) is 5.50 Å². The van der Waals surface area contributed by atoms with Gasteiger partial charge >= 0.3 is 5.17 Å². The van der Waals surface area contributed by atoms with Crippen LogP contribution >= 0.6 is 11.8 Å². The van der Waals surface area contributed by atoms with Gasteiger partial charge in [-0.15, -0.1) is 5.01 Å². The van der Waals surface area contributed by atoms with Crippen LogP contribution < -0.4 is 10.3 Å². The topological polar surface area (TPSA) is 46.2 Å². The fourth-order valence-electron chi connectivity index (χ4n) is 2.63. The molecule has 1 aromatic carbocycles. The largest absolute Gasteiger partial charge is 0.378 e. The van der Waals surface area contributed by atoms with Crippen LogP contribution in [0.3, 0.4) is 0 Å². The molecule has 1 unspecified atom stereocenters. The lowest BCUT2D eigenvalue weighted by molar-refractivity contribution is -0.587. The zero-order chi connectivity index (χ0) is 17.9. The first-order valence-electron chi connectivity index (χ1n) is 8.29. The van der Waals surface area contributed by atoms with Gasteiger partial charge in [0.05, 0.1) is 17.8 Å². The van der Waals surface area contributed by atoms with Gasteiger partial charge < -0.3 is 4.90 Å². The summed E-state index contributed by atoms with van der Waals surface area (Å²) in [6.07, 6.45) is 0. The molecule has 1 aliphatic heterocycles. The van der Waals surface area contributed by atoms with Crippen LogP contribution in [0.5, 0.6) is 0 Å². The van der Waals surface area contributed by atoms with Crippen molar-refractivity contribution in [1.29, 1.82) is 0 Å². The number of azo groups is 1. The molecule has 0 saturated carbocycles. The average molecular weight is 350 g/mol. The summed E-state index contributed by atoms with van der Waals surface area (Å²) in [7, 11) is 6.05. The van der Waals surface area contributed by atoms with Crippen molar-refractivity contribution in [3.05, 3.63) is 24.3 Å². The second-order valence-corrected chi connectivity index (χ2v) is 7.74. The van der Waals surface area contributed by atoms with Crippen LogP contribution in [0.2, 0.25) is 0 Å². The number of hydrogen-bond acceptors (Lipinski definition) is 5. The molecule has 0 radical (unpaired) electrons. The Bertz CT molecular complexity index is 596. The third-order valence-electron chi connectivity index (χ3n) is 3.81. The molecule has 0 aliphatic carbocycles. The zero-order valence-electron chi connectivity index (χ0n) is 15.7. The number of anilines is 1. The number of hydrogen-bond donors (Lipinski definition) is 1. The summed E-state index contributed by atoms with van der Waals surface area (Å²) in [4.78, 5) is 2.07. The quantitative estimate of drug-likeness (QED) is 0.653. The number of thioether (sulfide) groups is 1. The van der Waals surface area contributed by atoms with Gasteiger partial charge in [0.25, 0.3) is 0 Å². The van der Waals surface area contributed by atoms with E-state index in [2.05, 4.69) is 65.0 Å². The Morgan fingerprint density at radius 3 is 2.21 bits per heavy atom. The van der Waals surface area contributed by atoms with Gasteiger partial charge in [0.2, 0.25) is 5.50 Å². The predicted molar refractivity (Wildman–Crippen MR) is 103 cm³/mol. The maximum absolute atomic E-state index is 4.49. The molecule has 24 heavy (non-hydrogen) atoms. The molecule has 2 rings (SSSR count). The van der Waals surface area contributed by atoms with Crippen molar-refractivity contribution < 1.29 is 4.58 Å². The van der Waals surface area contributed by atoms with Crippen molar-refractivity contribution in [2.45, 2.75) is 45.3 Å². The maximum Gasteiger partial charge on any atom is 0.328 e. The summed E-state index contributed by atoms with van der Waals surface area (Å²) in [6, 6.07) is 8.95. The molecule has 1 aliphatic rings. The molecular formula is C17H29N6S+. The first kappa shape index (κ1) is 18.7. The molecule has 1 fully saturated rings. The van der Waals surface area contributed by atoms with Crippen molar-refractivity contribution in [3.63, 3.8) is 0 Å². The second-order valence-electron chi connectivity index (χ2n) is 6.69. The number of amidine groups is 1. The van der Waals surface area contributed by atoms with E-state index in [1.165, 1.54) is 0 Å². The average Bonchev–Trinajstić information content (AvgIpc) is 2.85. The summed E-state index contributed by atoms with van der Waals surface area (Å²) in [5.74, 6) is 0. The van der Waals surface area contributed by atoms with Crippen molar-refractivity contribution in [2.75, 3.05) is 26.0 Å². The summed E-state index contributed by atoms with van der Waals surface area (Å²) in [6.45, 7) is 8.82. The number of benzene rings is 1. The molecule has 132 valence electrons. The lowest BCUT2D eigenvalue weighted by atomic mass is 10.3. The SMILES string of the molecule is CC(C)[N+](=C1NN(C)C(N=Nc2ccc(N(C)C)cc2)S1)C(C)C. The smallest absolute Gasteiger partial charge is 0.328 e. The Morgan fingerprint density at radius 2 is 1.71 bits per heavy atom. The summed E-state index contributed by atoms with van der Waals surface area (Å²) in [5.41, 5.74) is 5.37. The standard InChI is InChI=1S/C17H28N6S/c1-12(2)23(13(3)4)17-20-22(7)16(24-17)19-18-14-8-10-15(11-9-14)21(5)6/h8-13,16H,1-7H3/p+1. The van der Waals surface area contributed by atoms with E-state index in [0.717, 1.165) is 16.5 Å². The van der Waals surface area contributed by atoms with Gasteiger partial charge in [0.1, 0.15) is 0 Å². The van der Waals surface area contributed by atoms with Crippen LogP contribution in [0.1, 0.15) is 27.7 Å². The molecule has 0 aromatic heterocycles. The Morgan fingerprint density at radius 1 is 1.12 bits per heavy atom. The normalized spacial score (nSPS) is 18.7. The molecule has 1 N–H and O–H groups in total. The van der Waals surface area contributed by atoms with Gasteiger partial charge in [-0.1, -0.05) is 0 Å². The third kappa shape index (κ3) is 4.48. The zero-order valence-corrected chi connectivity index (χ0v) is 16.5. The van der Waals surface area contributed by atoms with Crippen molar-refractivity contribution in [3.8, 4) is 0 Å². The van der Waals surface area contributed by atoms with E-state index >= 15 is 0 Å². The van der Waals surface area contributed by atoms with Gasteiger partial charge in [-0.05, 0) is 52.0 Å². The molecule has 1 aromatic rings. The van der Waals surface area contributed by atoms with Crippen LogP contribution in [-0.4, -0.2) is 53.5 Å². The molecule has 1 saturated heterocycles. The molecule has 0 amide bonds. The van der Waals surface area contributed by atoms with E-state index in [1.807, 2.05) is 38.3 Å². The highest BCUT2D eigenvalue weighted by molar-refractivity contribution is 8.14. The van der Waals surface area contributed by atoms with E-state index < -0.39 is 0 Å². The summed E-state index contributed by atoms with van der Waals surface area (Å²) < 4.78 is 2.36. The first-order valence-corrected chi connectivity index (χ1v) is 9.17. The van der Waals surface area contributed by atoms with Crippen LogP contribution in [0.4, 0.5) is 11.4 Å². The van der Waals surface area contributed by atoms with Gasteiger partial charge in [-0.25, -0.2) is 0 Å². The fourth-order valence-corrected chi connectivity index (χ4v) is 3.87. The fraction of sp³-hybridized carbons (Fsp3) is 0.588. The Kier molecular flexibility index (Phi) is 6.23. The summed E-state index contributed by atoms with van der Waals surface area (Å²) in [5, 5.41) is 12.0. The van der Waals surface area contributed by atoms with Crippen molar-refractivity contribution in [2.24, 2.45) is 10.2 Å². The highest BCUT2D eigenvalue weighted by Gasteiger charge is 2.36. The van der Waals surface area contributed by atoms with Gasteiger partial charge in [0, 0.05) is 38.6 Å². The lowest BCUT2D eigenvalue weighted by Gasteiger charge is -2.16. The molecule has 6 nitrogen and oxygen atoms in total. The van der Waals surface area contributed by atoms with Gasteiger partial charge in [0.15, 0.2) is 0 Å². The first-order chi connectivity index (χ1) is 11.3. The summed E-state index contributed by atoms with van der Waals surface area (Å²) >= 11 is 1.70. The number of hydrazine groups is 1.